The monoisotopic (exact) mass is 230 g/mol. The van der Waals surface area contributed by atoms with Crippen LogP contribution in [0.5, 0.6) is 0 Å². The van der Waals surface area contributed by atoms with Crippen LogP contribution in [-0.4, -0.2) is 11.4 Å². The Balaban J connectivity index is 1.81. The molecule has 2 nitrogen and oxygen atoms in total. The second-order valence-electron chi connectivity index (χ2n) is 5.14. The number of hydrogen-bond donors (Lipinski definition) is 0. The summed E-state index contributed by atoms with van der Waals surface area (Å²) >= 11 is 0. The zero-order chi connectivity index (χ0) is 11.7. The molecule has 1 saturated heterocycles. The van der Waals surface area contributed by atoms with Gasteiger partial charge in [0.25, 0.3) is 0 Å². The van der Waals surface area contributed by atoms with Crippen LogP contribution in [0.25, 0.3) is 0 Å². The third-order valence-electron chi connectivity index (χ3n) is 3.97. The predicted molar refractivity (Wildman–Crippen MR) is 65.7 cm³/mol. The average molecular weight is 230 g/mol. The molecule has 0 amide bonds. The van der Waals surface area contributed by atoms with Crippen molar-refractivity contribution in [2.75, 3.05) is 0 Å². The highest BCUT2D eigenvalue weighted by atomic mass is 16.6. The van der Waals surface area contributed by atoms with Gasteiger partial charge in [0.05, 0.1) is 0 Å². The predicted octanol–water partition coefficient (Wildman–Crippen LogP) is 3.42. The molecule has 1 heterocycles. The first-order valence-corrected chi connectivity index (χ1v) is 6.59. The third-order valence-corrected chi connectivity index (χ3v) is 3.97. The Labute approximate surface area is 102 Å². The van der Waals surface area contributed by atoms with Gasteiger partial charge in [-0.15, -0.1) is 0 Å². The maximum absolute atomic E-state index is 12.2. The van der Waals surface area contributed by atoms with Gasteiger partial charge in [0.2, 0.25) is 0 Å². The smallest absolute Gasteiger partial charge is 0.167 e. The van der Waals surface area contributed by atoms with Crippen LogP contribution < -0.4 is 0 Å². The fourth-order valence-electron chi connectivity index (χ4n) is 2.92. The maximum Gasteiger partial charge on any atom is 0.167 e. The molecule has 0 bridgehead atoms. The van der Waals surface area contributed by atoms with Crippen LogP contribution in [0, 0.1) is 0 Å². The number of hydrogen-bond acceptors (Lipinski definition) is 2. The molecule has 1 spiro atoms. The van der Waals surface area contributed by atoms with Crippen molar-refractivity contribution in [1.82, 2.24) is 0 Å². The molecule has 1 aromatic carbocycles. The number of carbonyl (C=O) groups is 1. The highest BCUT2D eigenvalue weighted by molar-refractivity contribution is 5.91. The van der Waals surface area contributed by atoms with E-state index in [2.05, 4.69) is 12.1 Å². The van der Waals surface area contributed by atoms with Crippen LogP contribution in [-0.2, 0) is 9.53 Å². The molecule has 2 fully saturated rings. The van der Waals surface area contributed by atoms with Gasteiger partial charge in [-0.2, -0.15) is 0 Å². The lowest BCUT2D eigenvalue weighted by Crippen LogP contribution is -2.26. The molecule has 1 aliphatic carbocycles. The van der Waals surface area contributed by atoms with E-state index in [0.29, 0.717) is 12.2 Å². The highest BCUT2D eigenvalue weighted by Gasteiger charge is 2.61. The minimum Gasteiger partial charge on any atom is -0.353 e. The van der Waals surface area contributed by atoms with Gasteiger partial charge in [-0.25, -0.2) is 0 Å². The van der Waals surface area contributed by atoms with E-state index in [1.165, 1.54) is 12.8 Å². The molecule has 3 rings (SSSR count). The van der Waals surface area contributed by atoms with E-state index >= 15 is 0 Å². The van der Waals surface area contributed by atoms with Crippen molar-refractivity contribution in [2.24, 2.45) is 0 Å². The van der Waals surface area contributed by atoms with E-state index < -0.39 is 5.60 Å². The molecule has 0 aromatic heterocycles. The molecule has 90 valence electrons. The summed E-state index contributed by atoms with van der Waals surface area (Å²) in [4.78, 5) is 12.2. The van der Waals surface area contributed by atoms with Crippen LogP contribution in [0.4, 0.5) is 0 Å². The summed E-state index contributed by atoms with van der Waals surface area (Å²) in [5, 5.41) is 0. The van der Waals surface area contributed by atoms with Gasteiger partial charge >= 0.3 is 0 Å². The Bertz CT molecular complexity index is 412. The minimum absolute atomic E-state index is 0.0225. The molecule has 1 saturated carbocycles. The molecule has 1 aliphatic heterocycles. The number of rotatable bonds is 1. The molecule has 17 heavy (non-hydrogen) atoms. The summed E-state index contributed by atoms with van der Waals surface area (Å²) in [5.41, 5.74) is 0.698. The van der Waals surface area contributed by atoms with Crippen LogP contribution in [0.2, 0.25) is 0 Å². The first-order chi connectivity index (χ1) is 8.33. The zero-order valence-corrected chi connectivity index (χ0v) is 10.0. The Morgan fingerprint density at radius 3 is 2.65 bits per heavy atom. The van der Waals surface area contributed by atoms with Crippen LogP contribution in [0.1, 0.15) is 50.2 Å². The van der Waals surface area contributed by atoms with Crippen molar-refractivity contribution in [3.8, 4) is 0 Å². The molecule has 2 unspecified atom stereocenters. The van der Waals surface area contributed by atoms with Crippen molar-refractivity contribution in [1.29, 1.82) is 0 Å². The van der Waals surface area contributed by atoms with Gasteiger partial charge in [0.1, 0.15) is 6.10 Å². The zero-order valence-electron chi connectivity index (χ0n) is 10.0. The van der Waals surface area contributed by atoms with Gasteiger partial charge in [0.15, 0.2) is 11.4 Å². The number of carbonyl (C=O) groups excluding carboxylic acids is 1. The maximum atomic E-state index is 12.2. The van der Waals surface area contributed by atoms with Crippen LogP contribution in [0.15, 0.2) is 30.3 Å². The summed E-state index contributed by atoms with van der Waals surface area (Å²) in [6.07, 6.45) is 6.21. The van der Waals surface area contributed by atoms with E-state index in [-0.39, 0.29) is 6.10 Å². The quantitative estimate of drug-likeness (QED) is 0.692. The normalized spacial score (nSPS) is 33.2. The van der Waals surface area contributed by atoms with Crippen molar-refractivity contribution in [3.05, 3.63) is 35.9 Å². The topological polar surface area (TPSA) is 29.6 Å². The second-order valence-corrected chi connectivity index (χ2v) is 5.14. The summed E-state index contributed by atoms with van der Waals surface area (Å²) < 4.78 is 5.83. The first kappa shape index (κ1) is 11.0. The van der Waals surface area contributed by atoms with Gasteiger partial charge in [-0.1, -0.05) is 43.2 Å². The molecule has 2 atom stereocenters. The lowest BCUT2D eigenvalue weighted by molar-refractivity contribution is -0.124. The van der Waals surface area contributed by atoms with Crippen LogP contribution in [0.3, 0.4) is 0 Å². The molecule has 0 N–H and O–H groups in total. The van der Waals surface area contributed by atoms with Crippen LogP contribution >= 0.6 is 0 Å². The molecular formula is C15H18O2. The van der Waals surface area contributed by atoms with Gasteiger partial charge in [-0.05, 0) is 24.8 Å². The lowest BCUT2D eigenvalue weighted by atomic mass is 9.85. The lowest BCUT2D eigenvalue weighted by Gasteiger charge is -2.15. The molecule has 1 aromatic rings. The Kier molecular flexibility index (Phi) is 2.75. The van der Waals surface area contributed by atoms with Gasteiger partial charge in [-0.3, -0.25) is 4.79 Å². The van der Waals surface area contributed by atoms with E-state index in [4.69, 9.17) is 4.74 Å². The number of benzene rings is 1. The highest BCUT2D eigenvalue weighted by Crippen LogP contribution is 2.54. The number of Topliss-reactive ketones (excluding diaryl/α,β-unsaturated/α-hetero) is 1. The van der Waals surface area contributed by atoms with Crippen molar-refractivity contribution in [3.63, 3.8) is 0 Å². The van der Waals surface area contributed by atoms with Crippen molar-refractivity contribution in [2.45, 2.75) is 50.2 Å². The third kappa shape index (κ3) is 1.91. The average Bonchev–Trinajstić information content (AvgIpc) is 3.09. The SMILES string of the molecule is O=C1CCCCCCC12OC2c1ccccc1. The summed E-state index contributed by atoms with van der Waals surface area (Å²) in [5.74, 6) is 0.325. The summed E-state index contributed by atoms with van der Waals surface area (Å²) in [6, 6.07) is 10.1. The standard InChI is InChI=1S/C15H18O2/c16-13-10-6-1-2-7-11-15(13)14(17-15)12-8-4-3-5-9-12/h3-5,8-9,14H,1-2,6-7,10-11H2. The fourth-order valence-corrected chi connectivity index (χ4v) is 2.92. The molecule has 2 aliphatic rings. The molecule has 0 radical (unpaired) electrons. The summed E-state index contributed by atoms with van der Waals surface area (Å²) in [7, 11) is 0. The first-order valence-electron chi connectivity index (χ1n) is 6.59. The van der Waals surface area contributed by atoms with Gasteiger partial charge in [0, 0.05) is 6.42 Å². The number of epoxide rings is 1. The molecule has 2 heteroatoms. The van der Waals surface area contributed by atoms with Gasteiger partial charge < -0.3 is 4.74 Å². The Morgan fingerprint density at radius 2 is 1.82 bits per heavy atom. The molecular weight excluding hydrogens is 212 g/mol. The number of ketones is 1. The minimum atomic E-state index is -0.457. The van der Waals surface area contributed by atoms with E-state index in [9.17, 15) is 4.79 Å². The largest absolute Gasteiger partial charge is 0.353 e. The Morgan fingerprint density at radius 1 is 1.06 bits per heavy atom. The van der Waals surface area contributed by atoms with E-state index in [0.717, 1.165) is 24.8 Å². The number of ether oxygens (including phenoxy) is 1. The fraction of sp³-hybridized carbons (Fsp3) is 0.533. The Hall–Kier alpha value is -1.15. The van der Waals surface area contributed by atoms with Crippen molar-refractivity contribution >= 4 is 5.78 Å². The van der Waals surface area contributed by atoms with E-state index in [1.54, 1.807) is 0 Å². The summed E-state index contributed by atoms with van der Waals surface area (Å²) in [6.45, 7) is 0. The van der Waals surface area contributed by atoms with Crippen molar-refractivity contribution < 1.29 is 9.53 Å². The van der Waals surface area contributed by atoms with E-state index in [1.807, 2.05) is 18.2 Å². The second kappa shape index (κ2) is 4.26.